The first-order valence-corrected chi connectivity index (χ1v) is 4.77. The molecule has 0 aromatic heterocycles. The molecule has 0 saturated heterocycles. The van der Waals surface area contributed by atoms with E-state index in [-0.39, 0.29) is 5.96 Å². The largest absolute Gasteiger partial charge is 0.369 e. The van der Waals surface area contributed by atoms with Crippen molar-refractivity contribution in [2.24, 2.45) is 21.7 Å². The molecule has 0 aliphatic carbocycles. The third-order valence-electron chi connectivity index (χ3n) is 1.53. The zero-order chi connectivity index (χ0) is 10.6. The lowest BCUT2D eigenvalue weighted by Crippen LogP contribution is -2.21. The average molecular weight is 255 g/mol. The van der Waals surface area contributed by atoms with Crippen LogP contribution in [0.25, 0.3) is 0 Å². The predicted octanol–water partition coefficient (Wildman–Crippen LogP) is 1.36. The van der Waals surface area contributed by atoms with Gasteiger partial charge in [-0.3, -0.25) is 0 Å². The predicted molar refractivity (Wildman–Crippen MR) is 62.3 cm³/mol. The zero-order valence-electron chi connectivity index (χ0n) is 7.74. The number of benzene rings is 1. The summed E-state index contributed by atoms with van der Waals surface area (Å²) in [5.74, 6) is -0.0514. The number of guanidine groups is 1. The smallest absolute Gasteiger partial charge is 0.211 e. The van der Waals surface area contributed by atoms with Gasteiger partial charge in [-0.25, -0.2) is 0 Å². The van der Waals surface area contributed by atoms with Gasteiger partial charge in [0.05, 0.1) is 6.21 Å². The van der Waals surface area contributed by atoms with Gasteiger partial charge in [0.25, 0.3) is 0 Å². The van der Waals surface area contributed by atoms with E-state index in [9.17, 15) is 0 Å². The second-order valence-corrected chi connectivity index (χ2v) is 3.65. The van der Waals surface area contributed by atoms with E-state index in [1.807, 2.05) is 25.1 Å². The Morgan fingerprint density at radius 3 is 2.71 bits per heavy atom. The maximum atomic E-state index is 5.12. The molecule has 0 unspecified atom stereocenters. The first kappa shape index (κ1) is 10.7. The zero-order valence-corrected chi connectivity index (χ0v) is 9.32. The lowest BCUT2D eigenvalue weighted by atomic mass is 10.2. The molecule has 1 rings (SSSR count). The van der Waals surface area contributed by atoms with Crippen LogP contribution >= 0.6 is 15.9 Å². The molecule has 0 radical (unpaired) electrons. The maximum Gasteiger partial charge on any atom is 0.211 e. The molecule has 1 aromatic carbocycles. The maximum absolute atomic E-state index is 5.12. The van der Waals surface area contributed by atoms with Gasteiger partial charge < -0.3 is 11.5 Å². The number of hydrogen-bond acceptors (Lipinski definition) is 2. The molecule has 0 aliphatic heterocycles. The molecule has 0 fully saturated rings. The number of nitrogens with two attached hydrogens (primary N) is 2. The minimum Gasteiger partial charge on any atom is -0.369 e. The van der Waals surface area contributed by atoms with E-state index in [0.717, 1.165) is 10.0 Å². The fraction of sp³-hybridized carbons (Fsp3) is 0.111. The van der Waals surface area contributed by atoms with Gasteiger partial charge in [-0.15, -0.1) is 5.10 Å². The van der Waals surface area contributed by atoms with Crippen LogP contribution in [-0.2, 0) is 0 Å². The van der Waals surface area contributed by atoms with E-state index in [2.05, 4.69) is 26.1 Å². The van der Waals surface area contributed by atoms with Gasteiger partial charge >= 0.3 is 0 Å². The van der Waals surface area contributed by atoms with Crippen LogP contribution in [0.5, 0.6) is 0 Å². The molecule has 1 aromatic rings. The normalized spacial score (nSPS) is 10.4. The molecule has 0 heterocycles. The van der Waals surface area contributed by atoms with Crippen molar-refractivity contribution in [3.8, 4) is 0 Å². The number of aryl methyl sites for hydroxylation is 1. The SMILES string of the molecule is Cc1ccc(/C=N/N=C(N)N)c(Br)c1. The molecule has 0 amide bonds. The third-order valence-corrected chi connectivity index (χ3v) is 2.21. The number of nitrogens with zero attached hydrogens (tertiary/aromatic N) is 2. The Bertz CT molecular complexity index is 380. The van der Waals surface area contributed by atoms with Crippen LogP contribution < -0.4 is 11.5 Å². The van der Waals surface area contributed by atoms with Gasteiger partial charge in [-0.1, -0.05) is 28.1 Å². The molecule has 4 N–H and O–H groups in total. The summed E-state index contributed by atoms with van der Waals surface area (Å²) in [6, 6.07) is 5.92. The fourth-order valence-corrected chi connectivity index (χ4v) is 1.49. The van der Waals surface area contributed by atoms with Crippen molar-refractivity contribution in [3.05, 3.63) is 33.8 Å². The molecule has 0 atom stereocenters. The summed E-state index contributed by atoms with van der Waals surface area (Å²) in [5, 5.41) is 7.22. The van der Waals surface area contributed by atoms with Crippen LogP contribution in [0.2, 0.25) is 0 Å². The molecular formula is C9H11BrN4. The lowest BCUT2D eigenvalue weighted by molar-refractivity contribution is 1.21. The monoisotopic (exact) mass is 254 g/mol. The number of halogens is 1. The first-order chi connectivity index (χ1) is 6.59. The minimum atomic E-state index is -0.0514. The van der Waals surface area contributed by atoms with Gasteiger partial charge in [0.2, 0.25) is 5.96 Å². The van der Waals surface area contributed by atoms with Crippen molar-refractivity contribution in [3.63, 3.8) is 0 Å². The summed E-state index contributed by atoms with van der Waals surface area (Å²) in [5.41, 5.74) is 12.3. The Labute approximate surface area is 90.8 Å². The summed E-state index contributed by atoms with van der Waals surface area (Å²) < 4.78 is 0.965. The van der Waals surface area contributed by atoms with Gasteiger partial charge in [0.1, 0.15) is 0 Å². The van der Waals surface area contributed by atoms with Gasteiger partial charge in [-0.2, -0.15) is 5.10 Å². The average Bonchev–Trinajstić information content (AvgIpc) is 2.08. The Hall–Kier alpha value is -1.36. The Balaban J connectivity index is 2.87. The van der Waals surface area contributed by atoms with Crippen molar-refractivity contribution in [2.75, 3.05) is 0 Å². The van der Waals surface area contributed by atoms with E-state index < -0.39 is 0 Å². The molecule has 0 bridgehead atoms. The Kier molecular flexibility index (Phi) is 3.64. The molecule has 0 spiro atoms. The number of hydrogen-bond donors (Lipinski definition) is 2. The van der Waals surface area contributed by atoms with Gasteiger partial charge in [-0.05, 0) is 18.6 Å². The fourth-order valence-electron chi connectivity index (χ4n) is 0.895. The third kappa shape index (κ3) is 3.18. The Morgan fingerprint density at radius 2 is 2.14 bits per heavy atom. The van der Waals surface area contributed by atoms with Crippen LogP contribution in [0.1, 0.15) is 11.1 Å². The molecule has 4 nitrogen and oxygen atoms in total. The highest BCUT2D eigenvalue weighted by molar-refractivity contribution is 9.10. The lowest BCUT2D eigenvalue weighted by Gasteiger charge is -1.98. The summed E-state index contributed by atoms with van der Waals surface area (Å²) >= 11 is 3.41. The number of rotatable bonds is 2. The quantitative estimate of drug-likeness (QED) is 0.475. The molecular weight excluding hydrogens is 244 g/mol. The van der Waals surface area contributed by atoms with Crippen LogP contribution in [0.4, 0.5) is 0 Å². The van der Waals surface area contributed by atoms with Crippen molar-refractivity contribution < 1.29 is 0 Å². The van der Waals surface area contributed by atoms with Crippen LogP contribution in [0.3, 0.4) is 0 Å². The van der Waals surface area contributed by atoms with Crippen molar-refractivity contribution in [2.45, 2.75) is 6.92 Å². The molecule has 5 heteroatoms. The van der Waals surface area contributed by atoms with Crippen LogP contribution in [-0.4, -0.2) is 12.2 Å². The van der Waals surface area contributed by atoms with Crippen molar-refractivity contribution >= 4 is 28.1 Å². The highest BCUT2D eigenvalue weighted by Gasteiger charge is 1.95. The summed E-state index contributed by atoms with van der Waals surface area (Å²) in [6.45, 7) is 2.02. The van der Waals surface area contributed by atoms with Crippen molar-refractivity contribution in [1.82, 2.24) is 0 Å². The standard InChI is InChI=1S/C9H11BrN4/c1-6-2-3-7(8(10)4-6)5-13-14-9(11)12/h2-5H,1H3,(H4,11,12,14)/b13-5+. The van der Waals surface area contributed by atoms with Crippen LogP contribution in [0.15, 0.2) is 32.9 Å². The van der Waals surface area contributed by atoms with Gasteiger partial charge in [0.15, 0.2) is 0 Å². The highest BCUT2D eigenvalue weighted by atomic mass is 79.9. The van der Waals surface area contributed by atoms with E-state index in [1.54, 1.807) is 6.21 Å². The van der Waals surface area contributed by atoms with Crippen molar-refractivity contribution in [1.29, 1.82) is 0 Å². The minimum absolute atomic E-state index is 0.0514. The first-order valence-electron chi connectivity index (χ1n) is 3.97. The molecule has 0 aliphatic rings. The highest BCUT2D eigenvalue weighted by Crippen LogP contribution is 2.16. The molecule has 14 heavy (non-hydrogen) atoms. The van der Waals surface area contributed by atoms with E-state index in [0.29, 0.717) is 0 Å². The van der Waals surface area contributed by atoms with E-state index in [1.165, 1.54) is 5.56 Å². The van der Waals surface area contributed by atoms with E-state index in [4.69, 9.17) is 11.5 Å². The summed E-state index contributed by atoms with van der Waals surface area (Å²) in [4.78, 5) is 0. The van der Waals surface area contributed by atoms with Crippen LogP contribution in [0, 0.1) is 6.92 Å². The second kappa shape index (κ2) is 4.76. The topological polar surface area (TPSA) is 76.8 Å². The second-order valence-electron chi connectivity index (χ2n) is 2.79. The summed E-state index contributed by atoms with van der Waals surface area (Å²) in [6.07, 6.45) is 1.59. The molecule has 74 valence electrons. The van der Waals surface area contributed by atoms with E-state index >= 15 is 0 Å². The van der Waals surface area contributed by atoms with Gasteiger partial charge in [0, 0.05) is 10.0 Å². The Morgan fingerprint density at radius 1 is 1.43 bits per heavy atom. The molecule has 0 saturated carbocycles. The summed E-state index contributed by atoms with van der Waals surface area (Å²) in [7, 11) is 0.